The molecule has 1 N–H and O–H groups in total. The van der Waals surface area contributed by atoms with Crippen LogP contribution in [0.1, 0.15) is 20.8 Å². The molecule has 25 heavy (non-hydrogen) atoms. The summed E-state index contributed by atoms with van der Waals surface area (Å²) in [6, 6.07) is 15.0. The minimum atomic E-state index is -0.441. The average Bonchev–Trinajstić information content (AvgIpc) is 2.54. The molecular weight excluding hydrogens is 386 g/mol. The van der Waals surface area contributed by atoms with Crippen LogP contribution in [-0.2, 0) is 4.74 Å². The lowest BCUT2D eigenvalue weighted by molar-refractivity contribution is 0.110. The van der Waals surface area contributed by atoms with Gasteiger partial charge >= 0.3 is 6.09 Å². The molecular formula is C19H22BrNO4. The van der Waals surface area contributed by atoms with Gasteiger partial charge in [0, 0.05) is 4.47 Å². The number of rotatable bonds is 7. The highest BCUT2D eigenvalue weighted by atomic mass is 79.9. The molecule has 1 unspecified atom stereocenters. The highest BCUT2D eigenvalue weighted by Gasteiger charge is 2.09. The molecule has 0 spiro atoms. The van der Waals surface area contributed by atoms with Gasteiger partial charge in [-0.3, -0.25) is 0 Å². The quantitative estimate of drug-likeness (QED) is 0.689. The molecule has 0 saturated heterocycles. The van der Waals surface area contributed by atoms with Crippen molar-refractivity contribution >= 4 is 22.0 Å². The Balaban J connectivity index is 1.82. The first kappa shape index (κ1) is 19.1. The molecule has 134 valence electrons. The summed E-state index contributed by atoms with van der Waals surface area (Å²) in [5.41, 5.74) is 0. The molecule has 0 bridgehead atoms. The number of carbonyl (C=O) groups excluding carboxylic acids is 1. The third-order valence-electron chi connectivity index (χ3n) is 3.07. The van der Waals surface area contributed by atoms with Crippen molar-refractivity contribution in [3.05, 3.63) is 53.0 Å². The Morgan fingerprint density at radius 2 is 1.72 bits per heavy atom. The molecule has 0 aliphatic carbocycles. The van der Waals surface area contributed by atoms with Gasteiger partial charge in [0.2, 0.25) is 0 Å². The van der Waals surface area contributed by atoms with Crippen molar-refractivity contribution < 1.29 is 19.0 Å². The summed E-state index contributed by atoms with van der Waals surface area (Å²) in [5, 5.41) is 2.67. The Morgan fingerprint density at radius 1 is 1.04 bits per heavy atom. The predicted molar refractivity (Wildman–Crippen MR) is 100 cm³/mol. The minimum absolute atomic E-state index is 0.144. The zero-order valence-electron chi connectivity index (χ0n) is 14.5. The van der Waals surface area contributed by atoms with E-state index in [4.69, 9.17) is 14.2 Å². The maximum Gasteiger partial charge on any atom is 0.407 e. The predicted octanol–water partition coefficient (Wildman–Crippen LogP) is 5.14. The Morgan fingerprint density at radius 3 is 2.36 bits per heavy atom. The molecule has 0 aliphatic heterocycles. The lowest BCUT2D eigenvalue weighted by Gasteiger charge is -2.16. The number of amides is 1. The van der Waals surface area contributed by atoms with Gasteiger partial charge in [0.1, 0.15) is 23.4 Å². The number of hydrogen-bond acceptors (Lipinski definition) is 4. The molecule has 0 aliphatic rings. The number of alkyl carbamates (subject to hydrolysis) is 1. The fourth-order valence-corrected chi connectivity index (χ4v) is 2.39. The van der Waals surface area contributed by atoms with Crippen LogP contribution in [0.15, 0.2) is 53.0 Å². The summed E-state index contributed by atoms with van der Waals surface area (Å²) in [6.07, 6.45) is -0.770. The van der Waals surface area contributed by atoms with Crippen LogP contribution in [0.5, 0.6) is 17.2 Å². The van der Waals surface area contributed by atoms with Crippen molar-refractivity contribution in [2.75, 3.05) is 6.54 Å². The Hall–Kier alpha value is -2.21. The number of carbonyl (C=O) groups is 1. The van der Waals surface area contributed by atoms with Crippen molar-refractivity contribution in [3.8, 4) is 17.2 Å². The second-order valence-electron chi connectivity index (χ2n) is 5.79. The van der Waals surface area contributed by atoms with Gasteiger partial charge in [-0.05, 0) is 63.2 Å². The van der Waals surface area contributed by atoms with Gasteiger partial charge in [0.15, 0.2) is 0 Å². The first-order chi connectivity index (χ1) is 11.9. The first-order valence-corrected chi connectivity index (χ1v) is 8.86. The number of benzene rings is 2. The molecule has 0 aromatic heterocycles. The topological polar surface area (TPSA) is 56.8 Å². The van der Waals surface area contributed by atoms with E-state index in [1.807, 2.05) is 55.5 Å². The second-order valence-corrected chi connectivity index (χ2v) is 6.71. The molecule has 1 atom stereocenters. The molecule has 0 heterocycles. The number of ether oxygens (including phenoxy) is 3. The van der Waals surface area contributed by atoms with Crippen molar-refractivity contribution in [1.82, 2.24) is 5.32 Å². The highest BCUT2D eigenvalue weighted by Crippen LogP contribution is 2.26. The standard InChI is InChI=1S/C19H22BrNO4/c1-13(2)23-19(22)21-12-14(3)24-16-7-9-17(10-8-16)25-18-6-4-5-15(20)11-18/h4-11,13-14H,12H2,1-3H3,(H,21,22). The van der Waals surface area contributed by atoms with Gasteiger partial charge < -0.3 is 19.5 Å². The van der Waals surface area contributed by atoms with Crippen LogP contribution in [0.25, 0.3) is 0 Å². The van der Waals surface area contributed by atoms with E-state index in [0.29, 0.717) is 12.3 Å². The maximum atomic E-state index is 11.4. The van der Waals surface area contributed by atoms with Crippen molar-refractivity contribution in [2.24, 2.45) is 0 Å². The largest absolute Gasteiger partial charge is 0.489 e. The molecule has 1 amide bonds. The van der Waals surface area contributed by atoms with Crippen molar-refractivity contribution in [2.45, 2.75) is 33.0 Å². The summed E-state index contributed by atoms with van der Waals surface area (Å²) in [7, 11) is 0. The smallest absolute Gasteiger partial charge is 0.407 e. The normalized spacial score (nSPS) is 11.7. The highest BCUT2D eigenvalue weighted by molar-refractivity contribution is 9.10. The van der Waals surface area contributed by atoms with Gasteiger partial charge in [-0.25, -0.2) is 4.79 Å². The molecule has 5 nitrogen and oxygen atoms in total. The van der Waals surface area contributed by atoms with Crippen LogP contribution in [0.2, 0.25) is 0 Å². The number of halogens is 1. The average molecular weight is 408 g/mol. The monoisotopic (exact) mass is 407 g/mol. The van der Waals surface area contributed by atoms with Crippen molar-refractivity contribution in [1.29, 1.82) is 0 Å². The van der Waals surface area contributed by atoms with E-state index in [-0.39, 0.29) is 12.2 Å². The van der Waals surface area contributed by atoms with E-state index in [9.17, 15) is 4.79 Å². The van der Waals surface area contributed by atoms with Gasteiger partial charge in [0.05, 0.1) is 12.6 Å². The van der Waals surface area contributed by atoms with Crippen LogP contribution in [0, 0.1) is 0 Å². The summed E-state index contributed by atoms with van der Waals surface area (Å²) in [4.78, 5) is 11.4. The lowest BCUT2D eigenvalue weighted by atomic mass is 10.3. The van der Waals surface area contributed by atoms with Gasteiger partial charge in [-0.15, -0.1) is 0 Å². The van der Waals surface area contributed by atoms with Crippen LogP contribution < -0.4 is 14.8 Å². The Kier molecular flexibility index (Phi) is 7.13. The summed E-state index contributed by atoms with van der Waals surface area (Å²) in [6.45, 7) is 5.85. The van der Waals surface area contributed by atoms with E-state index in [1.54, 1.807) is 13.8 Å². The van der Waals surface area contributed by atoms with Crippen molar-refractivity contribution in [3.63, 3.8) is 0 Å². The summed E-state index contributed by atoms with van der Waals surface area (Å²) < 4.78 is 17.5. The SMILES string of the molecule is CC(C)OC(=O)NCC(C)Oc1ccc(Oc2cccc(Br)c2)cc1. The Bertz CT molecular complexity index is 688. The second kappa shape index (κ2) is 9.32. The minimum Gasteiger partial charge on any atom is -0.489 e. The van der Waals surface area contributed by atoms with Crippen LogP contribution in [0.3, 0.4) is 0 Å². The number of hydrogen-bond donors (Lipinski definition) is 1. The Labute approximate surface area is 156 Å². The van der Waals surface area contributed by atoms with E-state index in [2.05, 4.69) is 21.2 Å². The molecule has 2 aromatic carbocycles. The lowest BCUT2D eigenvalue weighted by Crippen LogP contribution is -2.35. The van der Waals surface area contributed by atoms with Crippen LogP contribution in [0.4, 0.5) is 4.79 Å². The fourth-order valence-electron chi connectivity index (χ4n) is 2.01. The molecule has 0 radical (unpaired) electrons. The molecule has 2 aromatic rings. The van der Waals surface area contributed by atoms with E-state index < -0.39 is 6.09 Å². The first-order valence-electron chi connectivity index (χ1n) is 8.07. The summed E-state index contributed by atoms with van der Waals surface area (Å²) in [5.74, 6) is 2.18. The fraction of sp³-hybridized carbons (Fsp3) is 0.316. The third-order valence-corrected chi connectivity index (χ3v) is 3.56. The van der Waals surface area contributed by atoms with E-state index in [1.165, 1.54) is 0 Å². The molecule has 6 heteroatoms. The maximum absolute atomic E-state index is 11.4. The number of nitrogens with one attached hydrogen (secondary N) is 1. The van der Waals surface area contributed by atoms with Gasteiger partial charge in [0.25, 0.3) is 0 Å². The zero-order valence-corrected chi connectivity index (χ0v) is 16.1. The van der Waals surface area contributed by atoms with E-state index >= 15 is 0 Å². The molecule has 0 saturated carbocycles. The third kappa shape index (κ3) is 7.05. The molecule has 0 fully saturated rings. The van der Waals surface area contributed by atoms with E-state index in [0.717, 1.165) is 16.0 Å². The van der Waals surface area contributed by atoms with Gasteiger partial charge in [-0.1, -0.05) is 22.0 Å². The zero-order chi connectivity index (χ0) is 18.2. The van der Waals surface area contributed by atoms with Crippen LogP contribution in [-0.4, -0.2) is 24.8 Å². The van der Waals surface area contributed by atoms with Gasteiger partial charge in [-0.2, -0.15) is 0 Å². The van der Waals surface area contributed by atoms with Crippen LogP contribution >= 0.6 is 15.9 Å². The molecule has 2 rings (SSSR count). The summed E-state index contributed by atoms with van der Waals surface area (Å²) >= 11 is 3.41.